The van der Waals surface area contributed by atoms with E-state index in [1.54, 1.807) is 0 Å². The summed E-state index contributed by atoms with van der Waals surface area (Å²) in [6.45, 7) is 0. The third-order valence-corrected chi connectivity index (χ3v) is 4.39. The Kier molecular flexibility index (Phi) is 4.20. The SMILES string of the molecule is O=Cc1ccc(NS(=O)(=O)c2ccc(Br)cc2F)cc1. The van der Waals surface area contributed by atoms with E-state index >= 15 is 0 Å². The highest BCUT2D eigenvalue weighted by atomic mass is 79.9. The lowest BCUT2D eigenvalue weighted by Gasteiger charge is -2.09. The number of aldehydes is 1. The van der Waals surface area contributed by atoms with Crippen molar-refractivity contribution < 1.29 is 17.6 Å². The van der Waals surface area contributed by atoms with E-state index in [1.165, 1.54) is 36.4 Å². The Labute approximate surface area is 123 Å². The lowest BCUT2D eigenvalue weighted by atomic mass is 10.2. The summed E-state index contributed by atoms with van der Waals surface area (Å²) >= 11 is 3.06. The minimum absolute atomic E-state index is 0.248. The number of benzene rings is 2. The van der Waals surface area contributed by atoms with Crippen LogP contribution < -0.4 is 4.72 Å². The first-order chi connectivity index (χ1) is 9.42. The van der Waals surface area contributed by atoms with E-state index in [9.17, 15) is 17.6 Å². The molecular formula is C13H9BrFNO3S. The Morgan fingerprint density at radius 3 is 2.30 bits per heavy atom. The second kappa shape index (κ2) is 5.72. The first kappa shape index (κ1) is 14.7. The zero-order valence-corrected chi connectivity index (χ0v) is 12.4. The molecule has 0 radical (unpaired) electrons. The van der Waals surface area contributed by atoms with Gasteiger partial charge in [0.2, 0.25) is 0 Å². The van der Waals surface area contributed by atoms with Gasteiger partial charge >= 0.3 is 0 Å². The lowest BCUT2D eigenvalue weighted by molar-refractivity contribution is 0.112. The number of hydrogen-bond donors (Lipinski definition) is 1. The van der Waals surface area contributed by atoms with Crippen LogP contribution in [-0.2, 0) is 10.0 Å². The van der Waals surface area contributed by atoms with Crippen molar-refractivity contribution in [2.75, 3.05) is 4.72 Å². The smallest absolute Gasteiger partial charge is 0.264 e. The molecular weight excluding hydrogens is 349 g/mol. The monoisotopic (exact) mass is 357 g/mol. The number of rotatable bonds is 4. The maximum atomic E-state index is 13.7. The molecule has 2 aromatic carbocycles. The van der Waals surface area contributed by atoms with E-state index in [-0.39, 0.29) is 5.69 Å². The van der Waals surface area contributed by atoms with Gasteiger partial charge in [-0.1, -0.05) is 15.9 Å². The molecule has 0 fully saturated rings. The average Bonchev–Trinajstić information content (AvgIpc) is 2.38. The van der Waals surface area contributed by atoms with Crippen LogP contribution in [0.5, 0.6) is 0 Å². The fraction of sp³-hybridized carbons (Fsp3) is 0. The van der Waals surface area contributed by atoms with Gasteiger partial charge in [-0.3, -0.25) is 9.52 Å². The van der Waals surface area contributed by atoms with Gasteiger partial charge in [-0.2, -0.15) is 0 Å². The van der Waals surface area contributed by atoms with Gasteiger partial charge in [-0.25, -0.2) is 12.8 Å². The molecule has 0 aliphatic carbocycles. The summed E-state index contributed by atoms with van der Waals surface area (Å²) < 4.78 is 40.5. The van der Waals surface area contributed by atoms with Gasteiger partial charge in [0, 0.05) is 15.7 Å². The number of sulfonamides is 1. The summed E-state index contributed by atoms with van der Waals surface area (Å²) in [7, 11) is -4.01. The van der Waals surface area contributed by atoms with E-state index in [4.69, 9.17) is 0 Å². The van der Waals surface area contributed by atoms with Crippen LogP contribution in [0.4, 0.5) is 10.1 Å². The van der Waals surface area contributed by atoms with Crippen molar-refractivity contribution in [3.8, 4) is 0 Å². The molecule has 0 saturated heterocycles. The maximum Gasteiger partial charge on any atom is 0.264 e. The van der Waals surface area contributed by atoms with Crippen LogP contribution in [0.1, 0.15) is 10.4 Å². The molecule has 0 spiro atoms. The molecule has 0 aromatic heterocycles. The van der Waals surface area contributed by atoms with Crippen LogP contribution in [0.25, 0.3) is 0 Å². The second-order valence-electron chi connectivity index (χ2n) is 3.92. The fourth-order valence-corrected chi connectivity index (χ4v) is 2.99. The first-order valence-corrected chi connectivity index (χ1v) is 7.73. The number of carbonyl (C=O) groups is 1. The summed E-state index contributed by atoms with van der Waals surface area (Å²) in [6.07, 6.45) is 0.646. The van der Waals surface area contributed by atoms with Crippen LogP contribution in [0.15, 0.2) is 51.8 Å². The predicted molar refractivity (Wildman–Crippen MR) is 76.7 cm³/mol. The fourth-order valence-electron chi connectivity index (χ4n) is 1.53. The number of halogens is 2. The molecule has 20 heavy (non-hydrogen) atoms. The van der Waals surface area contributed by atoms with Gasteiger partial charge in [0.1, 0.15) is 17.0 Å². The first-order valence-electron chi connectivity index (χ1n) is 5.45. The molecule has 2 rings (SSSR count). The van der Waals surface area contributed by atoms with Gasteiger partial charge < -0.3 is 0 Å². The Balaban J connectivity index is 2.32. The Morgan fingerprint density at radius 1 is 1.10 bits per heavy atom. The van der Waals surface area contributed by atoms with Crippen LogP contribution in [0.3, 0.4) is 0 Å². The maximum absolute atomic E-state index is 13.7. The Morgan fingerprint density at radius 2 is 1.75 bits per heavy atom. The topological polar surface area (TPSA) is 63.2 Å². The Hall–Kier alpha value is -1.73. The van der Waals surface area contributed by atoms with E-state index in [1.807, 2.05) is 0 Å². The van der Waals surface area contributed by atoms with Crippen LogP contribution in [0, 0.1) is 5.82 Å². The molecule has 0 atom stereocenters. The third-order valence-electron chi connectivity index (χ3n) is 2.48. The molecule has 0 aliphatic heterocycles. The summed E-state index contributed by atoms with van der Waals surface area (Å²) in [6, 6.07) is 9.46. The minimum Gasteiger partial charge on any atom is -0.298 e. The van der Waals surface area contributed by atoms with Gasteiger partial charge in [0.15, 0.2) is 0 Å². The average molecular weight is 358 g/mol. The van der Waals surface area contributed by atoms with E-state index in [0.29, 0.717) is 16.3 Å². The predicted octanol–water partition coefficient (Wildman–Crippen LogP) is 3.20. The van der Waals surface area contributed by atoms with Crippen molar-refractivity contribution in [3.63, 3.8) is 0 Å². The van der Waals surface area contributed by atoms with Crippen molar-refractivity contribution >= 4 is 37.9 Å². The molecule has 0 bridgehead atoms. The van der Waals surface area contributed by atoms with Gasteiger partial charge in [0.05, 0.1) is 0 Å². The highest BCUT2D eigenvalue weighted by Crippen LogP contribution is 2.22. The lowest BCUT2D eigenvalue weighted by Crippen LogP contribution is -2.14. The molecule has 0 heterocycles. The molecule has 0 amide bonds. The van der Waals surface area contributed by atoms with Crippen molar-refractivity contribution in [1.29, 1.82) is 0 Å². The Bertz CT molecular complexity index is 745. The normalized spacial score (nSPS) is 11.1. The highest BCUT2D eigenvalue weighted by molar-refractivity contribution is 9.10. The number of hydrogen-bond acceptors (Lipinski definition) is 3. The third kappa shape index (κ3) is 3.23. The van der Waals surface area contributed by atoms with E-state index in [0.717, 1.165) is 6.07 Å². The van der Waals surface area contributed by atoms with Crippen LogP contribution in [-0.4, -0.2) is 14.7 Å². The summed E-state index contributed by atoms with van der Waals surface area (Å²) in [4.78, 5) is 10.1. The highest BCUT2D eigenvalue weighted by Gasteiger charge is 2.19. The van der Waals surface area contributed by atoms with Crippen molar-refractivity contribution in [1.82, 2.24) is 0 Å². The van der Waals surface area contributed by atoms with E-state index < -0.39 is 20.7 Å². The molecule has 2 aromatic rings. The van der Waals surface area contributed by atoms with Gasteiger partial charge in [-0.05, 0) is 42.5 Å². The molecule has 4 nitrogen and oxygen atoms in total. The molecule has 0 saturated carbocycles. The zero-order valence-electron chi connectivity index (χ0n) is 10.0. The van der Waals surface area contributed by atoms with Crippen molar-refractivity contribution in [2.24, 2.45) is 0 Å². The molecule has 7 heteroatoms. The van der Waals surface area contributed by atoms with Crippen molar-refractivity contribution in [3.05, 3.63) is 58.3 Å². The number of nitrogens with one attached hydrogen (secondary N) is 1. The van der Waals surface area contributed by atoms with Crippen LogP contribution in [0.2, 0.25) is 0 Å². The summed E-state index contributed by atoms with van der Waals surface area (Å²) in [5, 5.41) is 0. The van der Waals surface area contributed by atoms with E-state index in [2.05, 4.69) is 20.7 Å². The minimum atomic E-state index is -4.01. The zero-order chi connectivity index (χ0) is 14.8. The largest absolute Gasteiger partial charge is 0.298 e. The quantitative estimate of drug-likeness (QED) is 0.854. The number of anilines is 1. The standard InChI is InChI=1S/C13H9BrFNO3S/c14-10-3-6-13(12(15)7-10)20(18,19)16-11-4-1-9(8-17)2-5-11/h1-8,16H. The second-order valence-corrected chi connectivity index (χ2v) is 6.49. The van der Waals surface area contributed by atoms with Crippen LogP contribution >= 0.6 is 15.9 Å². The van der Waals surface area contributed by atoms with Crippen molar-refractivity contribution in [2.45, 2.75) is 4.90 Å². The number of carbonyl (C=O) groups excluding carboxylic acids is 1. The summed E-state index contributed by atoms with van der Waals surface area (Å²) in [5.74, 6) is -0.851. The van der Waals surface area contributed by atoms with Gasteiger partial charge in [-0.15, -0.1) is 0 Å². The van der Waals surface area contributed by atoms with Gasteiger partial charge in [0.25, 0.3) is 10.0 Å². The summed E-state index contributed by atoms with van der Waals surface area (Å²) in [5.41, 5.74) is 0.667. The molecule has 1 N–H and O–H groups in total. The molecule has 0 aliphatic rings. The molecule has 104 valence electrons. The molecule has 0 unspecified atom stereocenters.